The van der Waals surface area contributed by atoms with Gasteiger partial charge in [-0.2, -0.15) is 0 Å². The van der Waals surface area contributed by atoms with E-state index >= 15 is 0 Å². The van der Waals surface area contributed by atoms with E-state index in [2.05, 4.69) is 20.6 Å². The van der Waals surface area contributed by atoms with E-state index in [1.807, 2.05) is 6.92 Å². The molecule has 0 atom stereocenters. The standard InChI is InChI=1S/C13H13F3N4/c1-3-7-12(17-2)18-6-19-13(7)20-11-5-9(15)8(14)4-10(11)16/h4-6H,3H2,1-2H3,(H2,17,18,19,20). The molecule has 0 aliphatic heterocycles. The molecule has 0 bridgehead atoms. The van der Waals surface area contributed by atoms with E-state index in [9.17, 15) is 13.2 Å². The van der Waals surface area contributed by atoms with Crippen molar-refractivity contribution in [1.29, 1.82) is 0 Å². The smallest absolute Gasteiger partial charge is 0.161 e. The molecule has 0 radical (unpaired) electrons. The fraction of sp³-hybridized carbons (Fsp3) is 0.231. The highest BCUT2D eigenvalue weighted by atomic mass is 19.2. The van der Waals surface area contributed by atoms with Gasteiger partial charge in [0.15, 0.2) is 11.6 Å². The average molecular weight is 282 g/mol. The number of hydrogen-bond acceptors (Lipinski definition) is 4. The van der Waals surface area contributed by atoms with Gasteiger partial charge in [0.1, 0.15) is 23.8 Å². The first-order valence-corrected chi connectivity index (χ1v) is 6.00. The van der Waals surface area contributed by atoms with E-state index in [1.165, 1.54) is 6.33 Å². The van der Waals surface area contributed by atoms with Gasteiger partial charge in [0.05, 0.1) is 5.69 Å². The van der Waals surface area contributed by atoms with Gasteiger partial charge in [0.25, 0.3) is 0 Å². The normalized spacial score (nSPS) is 10.4. The first-order chi connectivity index (χ1) is 9.56. The number of hydrogen-bond donors (Lipinski definition) is 2. The first kappa shape index (κ1) is 14.1. The third-order valence-electron chi connectivity index (χ3n) is 2.80. The number of benzene rings is 1. The van der Waals surface area contributed by atoms with E-state index in [0.717, 1.165) is 11.6 Å². The van der Waals surface area contributed by atoms with Gasteiger partial charge in [-0.05, 0) is 6.42 Å². The van der Waals surface area contributed by atoms with E-state index in [-0.39, 0.29) is 5.69 Å². The molecule has 0 saturated carbocycles. The van der Waals surface area contributed by atoms with Crippen molar-refractivity contribution < 1.29 is 13.2 Å². The number of anilines is 3. The lowest BCUT2D eigenvalue weighted by Gasteiger charge is -2.13. The predicted molar refractivity (Wildman–Crippen MR) is 70.6 cm³/mol. The van der Waals surface area contributed by atoms with Gasteiger partial charge >= 0.3 is 0 Å². The van der Waals surface area contributed by atoms with Crippen LogP contribution in [0.2, 0.25) is 0 Å². The van der Waals surface area contributed by atoms with Crippen LogP contribution in [0.4, 0.5) is 30.5 Å². The Labute approximate surface area is 114 Å². The quantitative estimate of drug-likeness (QED) is 0.845. The number of halogens is 3. The second-order valence-electron chi connectivity index (χ2n) is 4.02. The van der Waals surface area contributed by atoms with Crippen molar-refractivity contribution in [3.05, 3.63) is 41.5 Å². The summed E-state index contributed by atoms with van der Waals surface area (Å²) in [6.07, 6.45) is 1.88. The summed E-state index contributed by atoms with van der Waals surface area (Å²) in [4.78, 5) is 8.04. The molecule has 0 amide bonds. The Morgan fingerprint density at radius 2 is 1.65 bits per heavy atom. The second kappa shape index (κ2) is 5.77. The summed E-state index contributed by atoms with van der Waals surface area (Å²) < 4.78 is 39.7. The Morgan fingerprint density at radius 3 is 2.30 bits per heavy atom. The van der Waals surface area contributed by atoms with E-state index < -0.39 is 17.5 Å². The molecule has 7 heteroatoms. The zero-order valence-corrected chi connectivity index (χ0v) is 11.0. The molecule has 0 spiro atoms. The van der Waals surface area contributed by atoms with Gasteiger partial charge in [-0.3, -0.25) is 0 Å². The van der Waals surface area contributed by atoms with Crippen molar-refractivity contribution in [2.45, 2.75) is 13.3 Å². The summed E-state index contributed by atoms with van der Waals surface area (Å²) in [6.45, 7) is 1.88. The number of nitrogens with zero attached hydrogens (tertiary/aromatic N) is 2. The minimum Gasteiger partial charge on any atom is -0.373 e. The summed E-state index contributed by atoms with van der Waals surface area (Å²) >= 11 is 0. The fourth-order valence-corrected chi connectivity index (χ4v) is 1.82. The van der Waals surface area contributed by atoms with Crippen molar-refractivity contribution >= 4 is 17.3 Å². The summed E-state index contributed by atoms with van der Waals surface area (Å²) in [6, 6.07) is 1.24. The van der Waals surface area contributed by atoms with Crippen LogP contribution < -0.4 is 10.6 Å². The van der Waals surface area contributed by atoms with Crippen LogP contribution in [0.5, 0.6) is 0 Å². The van der Waals surface area contributed by atoms with Crippen molar-refractivity contribution in [2.75, 3.05) is 17.7 Å². The van der Waals surface area contributed by atoms with Crippen LogP contribution >= 0.6 is 0 Å². The molecule has 106 valence electrons. The Balaban J connectivity index is 2.42. The number of nitrogens with one attached hydrogen (secondary N) is 2. The predicted octanol–water partition coefficient (Wildman–Crippen LogP) is 3.24. The molecule has 2 rings (SSSR count). The summed E-state index contributed by atoms with van der Waals surface area (Å²) in [7, 11) is 1.70. The SMILES string of the molecule is CCc1c(NC)ncnc1Nc1cc(F)c(F)cc1F. The average Bonchev–Trinajstić information content (AvgIpc) is 2.44. The molecular weight excluding hydrogens is 269 g/mol. The molecule has 0 unspecified atom stereocenters. The van der Waals surface area contributed by atoms with Crippen LogP contribution in [0.1, 0.15) is 12.5 Å². The highest BCUT2D eigenvalue weighted by Crippen LogP contribution is 2.26. The van der Waals surface area contributed by atoms with Gasteiger partial charge in [-0.1, -0.05) is 6.92 Å². The van der Waals surface area contributed by atoms with Crippen LogP contribution in [-0.4, -0.2) is 17.0 Å². The second-order valence-corrected chi connectivity index (χ2v) is 4.02. The van der Waals surface area contributed by atoms with E-state index in [1.54, 1.807) is 7.05 Å². The van der Waals surface area contributed by atoms with Crippen LogP contribution in [-0.2, 0) is 6.42 Å². The van der Waals surface area contributed by atoms with E-state index in [0.29, 0.717) is 24.1 Å². The summed E-state index contributed by atoms with van der Waals surface area (Å²) in [5, 5.41) is 5.55. The lowest BCUT2D eigenvalue weighted by atomic mass is 10.2. The molecule has 20 heavy (non-hydrogen) atoms. The van der Waals surface area contributed by atoms with Gasteiger partial charge in [-0.25, -0.2) is 23.1 Å². The molecule has 0 saturated heterocycles. The molecule has 4 nitrogen and oxygen atoms in total. The van der Waals surface area contributed by atoms with Crippen molar-refractivity contribution in [3.8, 4) is 0 Å². The Hall–Kier alpha value is -2.31. The van der Waals surface area contributed by atoms with Gasteiger partial charge in [-0.15, -0.1) is 0 Å². The lowest BCUT2D eigenvalue weighted by molar-refractivity contribution is 0.496. The van der Waals surface area contributed by atoms with Crippen molar-refractivity contribution in [1.82, 2.24) is 9.97 Å². The largest absolute Gasteiger partial charge is 0.373 e. The maximum absolute atomic E-state index is 13.6. The first-order valence-electron chi connectivity index (χ1n) is 6.00. The van der Waals surface area contributed by atoms with Crippen LogP contribution in [0.3, 0.4) is 0 Å². The van der Waals surface area contributed by atoms with E-state index in [4.69, 9.17) is 0 Å². The van der Waals surface area contributed by atoms with Gasteiger partial charge < -0.3 is 10.6 Å². The maximum Gasteiger partial charge on any atom is 0.161 e. The summed E-state index contributed by atoms with van der Waals surface area (Å²) in [5.41, 5.74) is 0.540. The molecule has 2 aromatic rings. The molecule has 1 aromatic carbocycles. The van der Waals surface area contributed by atoms with Crippen LogP contribution in [0.15, 0.2) is 18.5 Å². The highest BCUT2D eigenvalue weighted by Gasteiger charge is 2.13. The third-order valence-corrected chi connectivity index (χ3v) is 2.80. The molecular formula is C13H13F3N4. The molecule has 1 aromatic heterocycles. The Morgan fingerprint density at radius 1 is 1.00 bits per heavy atom. The highest BCUT2D eigenvalue weighted by molar-refractivity contribution is 5.65. The minimum atomic E-state index is -1.23. The lowest BCUT2D eigenvalue weighted by Crippen LogP contribution is -2.06. The number of aromatic nitrogens is 2. The van der Waals surface area contributed by atoms with Crippen molar-refractivity contribution in [3.63, 3.8) is 0 Å². The molecule has 2 N–H and O–H groups in total. The molecule has 0 aliphatic carbocycles. The van der Waals surface area contributed by atoms with Crippen LogP contribution in [0, 0.1) is 17.5 Å². The monoisotopic (exact) mass is 282 g/mol. The minimum absolute atomic E-state index is 0.181. The summed E-state index contributed by atoms with van der Waals surface area (Å²) in [5.74, 6) is -2.32. The Kier molecular flexibility index (Phi) is 4.07. The van der Waals surface area contributed by atoms with Gasteiger partial charge in [0, 0.05) is 24.7 Å². The van der Waals surface area contributed by atoms with Crippen molar-refractivity contribution in [2.24, 2.45) is 0 Å². The molecule has 0 fully saturated rings. The Bertz CT molecular complexity index is 631. The molecule has 0 aliphatic rings. The zero-order valence-electron chi connectivity index (χ0n) is 11.0. The maximum atomic E-state index is 13.6. The zero-order chi connectivity index (χ0) is 14.7. The van der Waals surface area contributed by atoms with Crippen LogP contribution in [0.25, 0.3) is 0 Å². The fourth-order valence-electron chi connectivity index (χ4n) is 1.82. The molecule has 1 heterocycles. The topological polar surface area (TPSA) is 49.8 Å². The number of rotatable bonds is 4. The third kappa shape index (κ3) is 2.66. The van der Waals surface area contributed by atoms with Gasteiger partial charge in [0.2, 0.25) is 0 Å².